The molecule has 0 radical (unpaired) electrons. The van der Waals surface area contributed by atoms with Crippen LogP contribution in [0, 0.1) is 12.3 Å². The van der Waals surface area contributed by atoms with Gasteiger partial charge in [-0.05, 0) is 55.6 Å². The number of hydrogen-bond donors (Lipinski definition) is 1. The maximum absolute atomic E-state index is 11.8. The molecule has 0 heterocycles. The lowest BCUT2D eigenvalue weighted by Gasteiger charge is -2.19. The lowest BCUT2D eigenvalue weighted by molar-refractivity contribution is 0.256. The summed E-state index contributed by atoms with van der Waals surface area (Å²) in [7, 11) is 0. The summed E-state index contributed by atoms with van der Waals surface area (Å²) in [6.07, 6.45) is 6.46. The molecule has 1 aromatic carbocycles. The molecule has 0 unspecified atom stereocenters. The van der Waals surface area contributed by atoms with E-state index in [1.54, 1.807) is 13.8 Å². The summed E-state index contributed by atoms with van der Waals surface area (Å²) in [5, 5.41) is 2.67. The van der Waals surface area contributed by atoms with Gasteiger partial charge in [0.1, 0.15) is 0 Å². The molecule has 2 nitrogen and oxygen atoms in total. The summed E-state index contributed by atoms with van der Waals surface area (Å²) < 4.78 is 0. The average Bonchev–Trinajstić information content (AvgIpc) is 2.38. The second-order valence-electron chi connectivity index (χ2n) is 5.16. The smallest absolute Gasteiger partial charge is 0.285 e. The molecule has 1 aromatic rings. The van der Waals surface area contributed by atoms with Crippen molar-refractivity contribution in [3.8, 4) is 12.3 Å². The predicted octanol–water partition coefficient (Wildman–Crippen LogP) is 4.41. The molecule has 3 heteroatoms. The molecule has 0 saturated heterocycles. The van der Waals surface area contributed by atoms with E-state index in [1.807, 2.05) is 12.1 Å². The van der Waals surface area contributed by atoms with Gasteiger partial charge < -0.3 is 5.32 Å². The summed E-state index contributed by atoms with van der Waals surface area (Å²) in [6, 6.07) is 8.12. The fraction of sp³-hybridized carbons (Fsp3) is 0.438. The van der Waals surface area contributed by atoms with Crippen molar-refractivity contribution < 1.29 is 4.79 Å². The normalized spacial score (nSPS) is 12.6. The highest BCUT2D eigenvalue weighted by Gasteiger charge is 2.17. The molecular weight excluding hydrogens is 254 g/mol. The van der Waals surface area contributed by atoms with Crippen LogP contribution in [-0.4, -0.2) is 10.8 Å². The second-order valence-corrected chi connectivity index (χ2v) is 6.21. The van der Waals surface area contributed by atoms with Gasteiger partial charge in [0.05, 0.1) is 5.54 Å². The van der Waals surface area contributed by atoms with E-state index in [-0.39, 0.29) is 5.24 Å². The van der Waals surface area contributed by atoms with Gasteiger partial charge in [-0.3, -0.25) is 4.79 Å². The fourth-order valence-electron chi connectivity index (χ4n) is 1.52. The third-order valence-corrected chi connectivity index (χ3v) is 3.84. The Kier molecular flexibility index (Phi) is 5.50. The van der Waals surface area contributed by atoms with Gasteiger partial charge in [0.25, 0.3) is 5.24 Å². The fourth-order valence-corrected chi connectivity index (χ4v) is 2.32. The molecular formula is C16H21NOS. The Bertz CT molecular complexity index is 471. The number of benzene rings is 1. The number of hydrogen-bond acceptors (Lipinski definition) is 2. The molecule has 1 amide bonds. The summed E-state index contributed by atoms with van der Waals surface area (Å²) >= 11 is 1.17. The molecule has 0 aliphatic carbocycles. The molecule has 0 bridgehead atoms. The number of terminal acetylenes is 1. The van der Waals surface area contributed by atoms with Crippen LogP contribution in [0.15, 0.2) is 29.2 Å². The number of carbonyl (C=O) groups is 1. The third-order valence-electron chi connectivity index (χ3n) is 3.05. The van der Waals surface area contributed by atoms with Crippen molar-refractivity contribution >= 4 is 17.0 Å². The number of nitrogens with one attached hydrogen (secondary N) is 1. The standard InChI is InChI=1S/C16H21NOS/c1-6-12(3)13-8-10-14(11-9-13)19-15(18)17-16(4,5)7-2/h2,8-12H,6H2,1,3-5H3,(H,17,18)/t12-/m0/s1. The highest BCUT2D eigenvalue weighted by Crippen LogP contribution is 2.24. The molecule has 1 N–H and O–H groups in total. The number of rotatable bonds is 4. The van der Waals surface area contributed by atoms with Crippen LogP contribution < -0.4 is 5.32 Å². The number of thioether (sulfide) groups is 1. The van der Waals surface area contributed by atoms with Crippen molar-refractivity contribution in [1.82, 2.24) is 5.32 Å². The largest absolute Gasteiger partial charge is 0.331 e. The van der Waals surface area contributed by atoms with Crippen molar-refractivity contribution in [1.29, 1.82) is 0 Å². The van der Waals surface area contributed by atoms with Crippen LogP contribution in [0.5, 0.6) is 0 Å². The summed E-state index contributed by atoms with van der Waals surface area (Å²) in [4.78, 5) is 12.7. The van der Waals surface area contributed by atoms with E-state index in [2.05, 4.69) is 37.2 Å². The van der Waals surface area contributed by atoms with Crippen molar-refractivity contribution in [2.24, 2.45) is 0 Å². The molecule has 0 saturated carbocycles. The Balaban J connectivity index is 2.64. The summed E-state index contributed by atoms with van der Waals surface area (Å²) in [6.45, 7) is 7.97. The second kappa shape index (κ2) is 6.68. The number of carbonyl (C=O) groups excluding carboxylic acids is 1. The van der Waals surface area contributed by atoms with E-state index < -0.39 is 5.54 Å². The third kappa shape index (κ3) is 5.00. The first-order valence-corrected chi connectivity index (χ1v) is 7.27. The monoisotopic (exact) mass is 275 g/mol. The molecule has 0 spiro atoms. The van der Waals surface area contributed by atoms with Crippen molar-refractivity contribution in [2.45, 2.75) is 50.5 Å². The van der Waals surface area contributed by atoms with E-state index in [4.69, 9.17) is 6.42 Å². The number of amides is 1. The molecule has 0 aromatic heterocycles. The predicted molar refractivity (Wildman–Crippen MR) is 82.4 cm³/mol. The first-order valence-electron chi connectivity index (χ1n) is 6.45. The highest BCUT2D eigenvalue weighted by atomic mass is 32.2. The minimum absolute atomic E-state index is 0.126. The first-order chi connectivity index (χ1) is 8.88. The van der Waals surface area contributed by atoms with Crippen LogP contribution in [0.1, 0.15) is 45.6 Å². The van der Waals surface area contributed by atoms with Crippen molar-refractivity contribution in [2.75, 3.05) is 0 Å². The average molecular weight is 275 g/mol. The minimum Gasteiger partial charge on any atom is -0.331 e. The van der Waals surface area contributed by atoms with Crippen LogP contribution in [0.2, 0.25) is 0 Å². The summed E-state index contributed by atoms with van der Waals surface area (Å²) in [5.74, 6) is 3.09. The highest BCUT2D eigenvalue weighted by molar-refractivity contribution is 8.13. The van der Waals surface area contributed by atoms with Gasteiger partial charge in [0.15, 0.2) is 0 Å². The molecule has 0 aliphatic rings. The van der Waals surface area contributed by atoms with Gasteiger partial charge in [-0.15, -0.1) is 6.42 Å². The van der Waals surface area contributed by atoms with Crippen LogP contribution in [0.4, 0.5) is 4.79 Å². The molecule has 19 heavy (non-hydrogen) atoms. The topological polar surface area (TPSA) is 29.1 Å². The first kappa shape index (κ1) is 15.7. The van der Waals surface area contributed by atoms with Gasteiger partial charge >= 0.3 is 0 Å². The quantitative estimate of drug-likeness (QED) is 0.651. The zero-order valence-electron chi connectivity index (χ0n) is 12.0. The molecule has 1 rings (SSSR count). The van der Waals surface area contributed by atoms with Gasteiger partial charge in [-0.1, -0.05) is 31.9 Å². The zero-order valence-corrected chi connectivity index (χ0v) is 12.8. The Morgan fingerprint density at radius 3 is 2.47 bits per heavy atom. The minimum atomic E-state index is -0.610. The van der Waals surface area contributed by atoms with Gasteiger partial charge in [-0.25, -0.2) is 0 Å². The van der Waals surface area contributed by atoms with Gasteiger partial charge in [0, 0.05) is 4.90 Å². The summed E-state index contributed by atoms with van der Waals surface area (Å²) in [5.41, 5.74) is 0.692. The molecule has 102 valence electrons. The SMILES string of the molecule is C#CC(C)(C)NC(=O)Sc1ccc([C@@H](C)CC)cc1. The van der Waals surface area contributed by atoms with E-state index in [9.17, 15) is 4.79 Å². The van der Waals surface area contributed by atoms with Crippen LogP contribution >= 0.6 is 11.8 Å². The molecule has 1 atom stereocenters. The van der Waals surface area contributed by atoms with Crippen LogP contribution in [-0.2, 0) is 0 Å². The maximum Gasteiger partial charge on any atom is 0.285 e. The Hall–Kier alpha value is -1.40. The molecule has 0 aliphatic heterocycles. The Morgan fingerprint density at radius 1 is 1.42 bits per heavy atom. The maximum atomic E-state index is 11.8. The lowest BCUT2D eigenvalue weighted by Crippen LogP contribution is -2.39. The Morgan fingerprint density at radius 2 is 2.00 bits per heavy atom. The van der Waals surface area contributed by atoms with Crippen LogP contribution in [0.25, 0.3) is 0 Å². The van der Waals surface area contributed by atoms with E-state index in [0.717, 1.165) is 11.3 Å². The van der Waals surface area contributed by atoms with Gasteiger partial charge in [0.2, 0.25) is 0 Å². The van der Waals surface area contributed by atoms with Gasteiger partial charge in [-0.2, -0.15) is 0 Å². The zero-order chi connectivity index (χ0) is 14.5. The lowest BCUT2D eigenvalue weighted by atomic mass is 9.99. The van der Waals surface area contributed by atoms with Crippen molar-refractivity contribution in [3.05, 3.63) is 29.8 Å². The van der Waals surface area contributed by atoms with E-state index >= 15 is 0 Å². The van der Waals surface area contributed by atoms with Crippen LogP contribution in [0.3, 0.4) is 0 Å². The molecule has 0 fully saturated rings. The van der Waals surface area contributed by atoms with E-state index in [0.29, 0.717) is 5.92 Å². The van der Waals surface area contributed by atoms with E-state index in [1.165, 1.54) is 17.3 Å². The van der Waals surface area contributed by atoms with Crippen molar-refractivity contribution in [3.63, 3.8) is 0 Å². The Labute approximate surface area is 120 Å².